The first-order chi connectivity index (χ1) is 57.0. The van der Waals surface area contributed by atoms with Crippen molar-refractivity contribution >= 4 is 131 Å². The molecule has 5 fully saturated rings. The fraction of sp³-hybridized carbons (Fsp3) is 0.447. The molecule has 0 spiro atoms. The molecule has 35 heteroatoms. The Morgan fingerprint density at radius 2 is 1.05 bits per heavy atom. The number of aromatic nitrogens is 4. The van der Waals surface area contributed by atoms with Gasteiger partial charge in [-0.1, -0.05) is 18.2 Å². The average molecular weight is 1690 g/mol. The highest BCUT2D eigenvalue weighted by Gasteiger charge is 2.49. The van der Waals surface area contributed by atoms with Crippen molar-refractivity contribution in [2.24, 2.45) is 17.8 Å². The summed E-state index contributed by atoms with van der Waals surface area (Å²) in [5.74, 6) is -6.80. The molecule has 120 heavy (non-hydrogen) atoms. The van der Waals surface area contributed by atoms with Gasteiger partial charge in [0.2, 0.25) is 29.5 Å². The topological polar surface area (TPSA) is 354 Å². The molecule has 4 aromatic carbocycles. The lowest BCUT2D eigenvalue weighted by Gasteiger charge is -2.36. The third-order valence-electron chi connectivity index (χ3n) is 23.8. The van der Waals surface area contributed by atoms with E-state index in [4.69, 9.17) is 14.7 Å². The van der Waals surface area contributed by atoms with Crippen molar-refractivity contribution in [3.63, 3.8) is 0 Å². The van der Waals surface area contributed by atoms with Crippen molar-refractivity contribution in [3.05, 3.63) is 157 Å². The van der Waals surface area contributed by atoms with Gasteiger partial charge < -0.3 is 40.9 Å². The second-order valence-corrected chi connectivity index (χ2v) is 35.2. The molecule has 15 rings (SSSR count). The Kier molecular flexibility index (Phi) is 23.4. The maximum absolute atomic E-state index is 15.1. The van der Waals surface area contributed by atoms with E-state index < -0.39 is 123 Å². The maximum Gasteiger partial charge on any atom is 0.433 e. The number of carbonyl (C=O) groups excluding carboxylic acids is 11. The predicted octanol–water partition coefficient (Wildman–Crippen LogP) is 13.3. The fourth-order valence-electron chi connectivity index (χ4n) is 17.5. The minimum absolute atomic E-state index is 0.00538. The first-order valence-corrected chi connectivity index (χ1v) is 41.9. The lowest BCUT2D eigenvalue weighted by atomic mass is 9.81. The van der Waals surface area contributed by atoms with Crippen LogP contribution in [0.1, 0.15) is 237 Å². The number of hydrogen-bond donors (Lipinski definition) is 7. The molecule has 27 nitrogen and oxygen atoms in total. The van der Waals surface area contributed by atoms with Crippen LogP contribution in [-0.2, 0) is 47.5 Å². The number of alkyl halides is 6. The van der Waals surface area contributed by atoms with E-state index in [9.17, 15) is 71.0 Å². The summed E-state index contributed by atoms with van der Waals surface area (Å²) in [4.78, 5) is 169. The van der Waals surface area contributed by atoms with E-state index in [0.717, 1.165) is 89.5 Å². The lowest BCUT2D eigenvalue weighted by molar-refractivity contribution is -0.142. The number of ether oxygens (including phenoxy) is 1. The number of benzene rings is 4. The summed E-state index contributed by atoms with van der Waals surface area (Å²) in [6, 6.07) is 18.5. The first kappa shape index (κ1) is 83.9. The highest BCUT2D eigenvalue weighted by molar-refractivity contribution is 7.19. The number of nitrogens with one attached hydrogen (secondary N) is 6. The normalized spacial score (nSPS) is 20.9. The van der Waals surface area contributed by atoms with Gasteiger partial charge in [-0.25, -0.2) is 19.9 Å². The smallest absolute Gasteiger partial charge is 0.433 e. The number of carbonyl (C=O) groups is 11. The standard InChI is InChI=1S/C85H88F6N14O13S2/c1-82(2,117)51-38-58-63(119-76(98-58)46-20-22-47(23-21-46)77(112)103-34-29-43(30-35-103)28-32-93-54-13-7-11-50-70(54)81(116)105(79(50)114)62-25-27-68(107)101-74(62)111)40-56(51)96-72(109)60-36-48(37-66(95-60)85(89,90)91)118-83(3,4)52-39-59-64(41-57(52)97-71(108)55-14-8-15-65(94-55)84(86,87)88)120-75(99-59)45-18-16-44(17-19-45)42-102(5)33-9-31-92-53-12-6-10-49-69(53)80(115)104(78(49)113)61-24-26-67(106)100-73(61)110/h6-8,10-15,36-41,43-47,61-62,92-93,117H,9,16-35,42H2,1-5H3,(H,96,109)(H,97,108)(H,100,106,110)(H,101,107,111)/t44-,45-,46-,47-,61?,62?. The van der Waals surface area contributed by atoms with Crippen LogP contribution in [0.3, 0.4) is 0 Å². The molecule has 7 aliphatic rings. The minimum Gasteiger partial charge on any atom is -0.483 e. The fourth-order valence-corrected chi connectivity index (χ4v) is 19.8. The van der Waals surface area contributed by atoms with Crippen LogP contribution in [0.15, 0.2) is 91.0 Å². The number of piperidine rings is 3. The average Bonchev–Trinajstić information content (AvgIpc) is 1.57. The quantitative estimate of drug-likeness (QED) is 0.0168. The molecule has 2 atom stereocenters. The summed E-state index contributed by atoms with van der Waals surface area (Å²) in [5, 5.41) is 29.6. The number of imide groups is 4. The molecule has 8 aromatic rings. The number of pyridine rings is 2. The highest BCUT2D eigenvalue weighted by Crippen LogP contribution is 2.47. The number of rotatable bonds is 24. The van der Waals surface area contributed by atoms with Crippen molar-refractivity contribution in [3.8, 4) is 5.75 Å². The summed E-state index contributed by atoms with van der Waals surface area (Å²) in [7, 11) is 2.02. The maximum atomic E-state index is 15.1. The summed E-state index contributed by atoms with van der Waals surface area (Å²) in [5.41, 5.74) is -4.47. The SMILES string of the molecule is CN(CCCNc1cccc2c1C(=O)N(C1CCC(=O)NC1=O)C2=O)C[C@H]1CC[C@H](c2nc3cc(C(C)(C)Oc4cc(C(=O)Nc5cc6sc([C@H]7CC[C@H](C(=O)N8CCC(CCNc9cccc%10c9C(=O)N(C9CCC(=O)NC9=O)C%10=O)CC8)CC7)nc6cc5C(C)(C)O)nc(C(F)(F)F)c4)c(NC(=O)c4cccc(C(F)(F)F)n4)cc3s2)CC1. The second-order valence-electron chi connectivity index (χ2n) is 33.0. The molecule has 0 bridgehead atoms. The number of thiazole rings is 2. The molecular weight excluding hydrogens is 1600 g/mol. The van der Waals surface area contributed by atoms with Gasteiger partial charge in [-0.3, -0.25) is 73.2 Å². The first-order valence-electron chi connectivity index (χ1n) is 40.2. The molecule has 3 saturated heterocycles. The monoisotopic (exact) mass is 1690 g/mol. The van der Waals surface area contributed by atoms with Crippen LogP contribution in [0.2, 0.25) is 0 Å². The predicted molar refractivity (Wildman–Crippen MR) is 431 cm³/mol. The van der Waals surface area contributed by atoms with Gasteiger partial charge in [0.05, 0.1) is 58.3 Å². The largest absolute Gasteiger partial charge is 0.483 e. The van der Waals surface area contributed by atoms with E-state index in [-0.39, 0.29) is 100 Å². The number of fused-ring (bicyclic) bond motifs is 4. The number of aliphatic hydroxyl groups is 1. The van der Waals surface area contributed by atoms with Crippen molar-refractivity contribution in [2.75, 3.05) is 67.6 Å². The van der Waals surface area contributed by atoms with E-state index in [1.807, 2.05) is 11.9 Å². The summed E-state index contributed by atoms with van der Waals surface area (Å²) in [6.45, 7) is 9.57. The third kappa shape index (κ3) is 17.6. The Morgan fingerprint density at radius 3 is 1.58 bits per heavy atom. The lowest BCUT2D eigenvalue weighted by Crippen LogP contribution is -2.54. The molecule has 0 radical (unpaired) electrons. The Hall–Kier alpha value is -11.2. The highest BCUT2D eigenvalue weighted by atomic mass is 32.1. The van der Waals surface area contributed by atoms with Crippen LogP contribution in [0.5, 0.6) is 5.75 Å². The molecule has 5 aliphatic heterocycles. The zero-order chi connectivity index (χ0) is 85.2. The van der Waals surface area contributed by atoms with Crippen molar-refractivity contribution in [1.29, 1.82) is 0 Å². The minimum atomic E-state index is -5.14. The third-order valence-corrected chi connectivity index (χ3v) is 26.2. The van der Waals surface area contributed by atoms with E-state index in [1.54, 1.807) is 60.7 Å². The molecule has 630 valence electrons. The molecule has 7 N–H and O–H groups in total. The van der Waals surface area contributed by atoms with E-state index in [2.05, 4.69) is 46.8 Å². The van der Waals surface area contributed by atoms with Crippen molar-refractivity contribution in [1.82, 2.24) is 50.2 Å². The van der Waals surface area contributed by atoms with Crippen molar-refractivity contribution < 1.29 is 88.9 Å². The van der Waals surface area contributed by atoms with Gasteiger partial charge in [0.25, 0.3) is 35.4 Å². The number of amides is 11. The van der Waals surface area contributed by atoms with Crippen molar-refractivity contribution in [2.45, 2.75) is 178 Å². The van der Waals surface area contributed by atoms with Gasteiger partial charge in [0, 0.05) is 109 Å². The summed E-state index contributed by atoms with van der Waals surface area (Å²) >= 11 is 2.71. The van der Waals surface area contributed by atoms with Crippen LogP contribution < -0.4 is 36.6 Å². The van der Waals surface area contributed by atoms with Crippen LogP contribution in [0.4, 0.5) is 49.1 Å². The number of nitrogens with zero attached hydrogens (tertiary/aromatic N) is 8. The van der Waals surface area contributed by atoms with Gasteiger partial charge in [0.15, 0.2) is 0 Å². The number of hydrogen-bond acceptors (Lipinski definition) is 22. The van der Waals surface area contributed by atoms with Gasteiger partial charge in [-0.05, 0) is 204 Å². The molecule has 2 aliphatic carbocycles. The van der Waals surface area contributed by atoms with Crippen LogP contribution in [0, 0.1) is 17.8 Å². The number of halogens is 6. The Labute approximate surface area is 692 Å². The van der Waals surface area contributed by atoms with E-state index >= 15 is 13.2 Å². The molecule has 11 amide bonds. The van der Waals surface area contributed by atoms with Crippen LogP contribution in [0.25, 0.3) is 20.4 Å². The summed E-state index contributed by atoms with van der Waals surface area (Å²) in [6.07, 6.45) is -1.17. The van der Waals surface area contributed by atoms with Gasteiger partial charge >= 0.3 is 12.4 Å². The number of likely N-dealkylation sites (tertiary alicyclic amines) is 1. The Bertz CT molecular complexity index is 5490. The Balaban J connectivity index is 0.580. The van der Waals surface area contributed by atoms with E-state index in [1.165, 1.54) is 50.4 Å². The van der Waals surface area contributed by atoms with Gasteiger partial charge in [-0.15, -0.1) is 22.7 Å². The van der Waals surface area contributed by atoms with Gasteiger partial charge in [0.1, 0.15) is 46.2 Å². The zero-order valence-electron chi connectivity index (χ0n) is 66.3. The van der Waals surface area contributed by atoms with Crippen LogP contribution >= 0.6 is 22.7 Å². The molecular formula is C85H88F6N14O13S2. The molecule has 4 aromatic heterocycles. The molecule has 2 saturated carbocycles. The summed E-state index contributed by atoms with van der Waals surface area (Å²) < 4.78 is 94.8. The molecule has 9 heterocycles. The van der Waals surface area contributed by atoms with Gasteiger partial charge in [-0.2, -0.15) is 26.3 Å². The number of anilines is 4. The molecule has 2 unspecified atom stereocenters. The zero-order valence-corrected chi connectivity index (χ0v) is 67.9. The Morgan fingerprint density at radius 1 is 0.550 bits per heavy atom. The van der Waals surface area contributed by atoms with Crippen LogP contribution in [-0.4, -0.2) is 168 Å². The second kappa shape index (κ2) is 33.4. The van der Waals surface area contributed by atoms with E-state index in [0.29, 0.717) is 115 Å².